The molecule has 1 N–H and O–H groups in total. The lowest BCUT2D eigenvalue weighted by Gasteiger charge is -2.14. The van der Waals surface area contributed by atoms with E-state index in [1.165, 1.54) is 5.56 Å². The minimum absolute atomic E-state index is 0.172. The predicted molar refractivity (Wildman–Crippen MR) is 96.8 cm³/mol. The molecular weight excluding hydrogens is 326 g/mol. The lowest BCUT2D eigenvalue weighted by Crippen LogP contribution is -2.01. The summed E-state index contributed by atoms with van der Waals surface area (Å²) in [5.74, 6) is 1.84. The van der Waals surface area contributed by atoms with Crippen molar-refractivity contribution in [3.8, 4) is 11.5 Å². The Hall–Kier alpha value is -2.53. The number of fused-ring (bicyclic) bond motifs is 1. The molecule has 0 atom stereocenters. The van der Waals surface area contributed by atoms with Gasteiger partial charge >= 0.3 is 0 Å². The molecule has 6 heteroatoms. The highest BCUT2D eigenvalue weighted by molar-refractivity contribution is 6.28. The number of ether oxygens (including phenoxy) is 2. The minimum atomic E-state index is 0.172. The number of anilines is 2. The van der Waals surface area contributed by atoms with E-state index in [0.29, 0.717) is 22.8 Å². The monoisotopic (exact) mass is 343 g/mol. The van der Waals surface area contributed by atoms with Crippen molar-refractivity contribution in [3.05, 3.63) is 47.2 Å². The zero-order valence-corrected chi connectivity index (χ0v) is 14.5. The topological polar surface area (TPSA) is 56.3 Å². The molecular formula is C18H18ClN3O2. The second kappa shape index (κ2) is 6.93. The molecule has 0 unspecified atom stereocenters. The van der Waals surface area contributed by atoms with Crippen LogP contribution in [0.5, 0.6) is 11.5 Å². The smallest absolute Gasteiger partial charge is 0.224 e. The van der Waals surface area contributed by atoms with Crippen molar-refractivity contribution >= 4 is 34.0 Å². The number of rotatable bonds is 5. The van der Waals surface area contributed by atoms with Crippen molar-refractivity contribution in [2.45, 2.75) is 13.3 Å². The van der Waals surface area contributed by atoms with E-state index in [9.17, 15) is 0 Å². The number of hydrogen-bond acceptors (Lipinski definition) is 5. The fourth-order valence-corrected chi connectivity index (χ4v) is 2.78. The summed E-state index contributed by atoms with van der Waals surface area (Å²) < 4.78 is 10.7. The molecule has 0 spiro atoms. The highest BCUT2D eigenvalue weighted by Crippen LogP contribution is 2.35. The van der Waals surface area contributed by atoms with Crippen LogP contribution in [-0.4, -0.2) is 24.2 Å². The number of benzene rings is 2. The standard InChI is InChI=1S/C18H18ClN3O2/c1-4-11-7-5-6-8-13(11)20-17-12-9-15(23-2)16(24-3)10-14(12)21-18(19)22-17/h5-10H,4H2,1-3H3,(H,20,21,22). The van der Waals surface area contributed by atoms with Crippen molar-refractivity contribution in [3.63, 3.8) is 0 Å². The number of nitrogens with one attached hydrogen (secondary N) is 1. The Morgan fingerprint density at radius 3 is 2.46 bits per heavy atom. The fourth-order valence-electron chi connectivity index (χ4n) is 2.60. The van der Waals surface area contributed by atoms with E-state index in [4.69, 9.17) is 21.1 Å². The van der Waals surface area contributed by atoms with Gasteiger partial charge in [0.2, 0.25) is 5.28 Å². The summed E-state index contributed by atoms with van der Waals surface area (Å²) in [6.45, 7) is 2.11. The molecule has 3 aromatic rings. The first-order chi connectivity index (χ1) is 11.7. The van der Waals surface area contributed by atoms with Crippen molar-refractivity contribution < 1.29 is 9.47 Å². The third-order valence-electron chi connectivity index (χ3n) is 3.83. The van der Waals surface area contributed by atoms with Crippen LogP contribution in [0.1, 0.15) is 12.5 Å². The molecule has 0 fully saturated rings. The van der Waals surface area contributed by atoms with Gasteiger partial charge in [-0.05, 0) is 35.7 Å². The van der Waals surface area contributed by atoms with Crippen LogP contribution < -0.4 is 14.8 Å². The van der Waals surface area contributed by atoms with Crippen molar-refractivity contribution in [1.82, 2.24) is 9.97 Å². The lowest BCUT2D eigenvalue weighted by molar-refractivity contribution is 0.356. The molecule has 0 saturated heterocycles. The fraction of sp³-hybridized carbons (Fsp3) is 0.222. The quantitative estimate of drug-likeness (QED) is 0.686. The first-order valence-electron chi connectivity index (χ1n) is 7.60. The van der Waals surface area contributed by atoms with Crippen molar-refractivity contribution in [2.75, 3.05) is 19.5 Å². The van der Waals surface area contributed by atoms with Gasteiger partial charge < -0.3 is 14.8 Å². The number of aromatic nitrogens is 2. The van der Waals surface area contributed by atoms with E-state index in [0.717, 1.165) is 17.5 Å². The van der Waals surface area contributed by atoms with Gasteiger partial charge in [0.1, 0.15) is 5.82 Å². The summed E-state index contributed by atoms with van der Waals surface area (Å²) in [7, 11) is 3.18. The summed E-state index contributed by atoms with van der Waals surface area (Å²) in [4.78, 5) is 8.63. The Morgan fingerprint density at radius 2 is 1.75 bits per heavy atom. The van der Waals surface area contributed by atoms with Gasteiger partial charge in [-0.2, -0.15) is 4.98 Å². The van der Waals surface area contributed by atoms with Crippen LogP contribution in [0.2, 0.25) is 5.28 Å². The van der Waals surface area contributed by atoms with Gasteiger partial charge in [-0.15, -0.1) is 0 Å². The van der Waals surface area contributed by atoms with Crippen LogP contribution in [0.25, 0.3) is 10.9 Å². The maximum absolute atomic E-state index is 6.10. The SMILES string of the molecule is CCc1ccccc1Nc1nc(Cl)nc2cc(OC)c(OC)cc12. The largest absolute Gasteiger partial charge is 0.493 e. The molecule has 0 bridgehead atoms. The number of para-hydroxylation sites is 1. The van der Waals surface area contributed by atoms with Gasteiger partial charge in [0.05, 0.1) is 19.7 Å². The molecule has 0 radical (unpaired) electrons. The highest BCUT2D eigenvalue weighted by atomic mass is 35.5. The molecule has 2 aromatic carbocycles. The molecule has 24 heavy (non-hydrogen) atoms. The predicted octanol–water partition coefficient (Wildman–Crippen LogP) is 4.61. The van der Waals surface area contributed by atoms with Crippen LogP contribution >= 0.6 is 11.6 Å². The molecule has 5 nitrogen and oxygen atoms in total. The average Bonchev–Trinajstić information content (AvgIpc) is 2.61. The van der Waals surface area contributed by atoms with E-state index in [2.05, 4.69) is 28.3 Å². The van der Waals surface area contributed by atoms with Crippen LogP contribution in [-0.2, 0) is 6.42 Å². The second-order valence-corrected chi connectivity index (χ2v) is 5.54. The molecule has 3 rings (SSSR count). The van der Waals surface area contributed by atoms with E-state index in [1.807, 2.05) is 24.3 Å². The molecule has 0 aliphatic heterocycles. The van der Waals surface area contributed by atoms with Crippen LogP contribution in [0.4, 0.5) is 11.5 Å². The maximum Gasteiger partial charge on any atom is 0.224 e. The van der Waals surface area contributed by atoms with E-state index < -0.39 is 0 Å². The Balaban J connectivity index is 2.16. The van der Waals surface area contributed by atoms with E-state index in [-0.39, 0.29) is 5.28 Å². The van der Waals surface area contributed by atoms with Gasteiger partial charge in [-0.3, -0.25) is 0 Å². The summed E-state index contributed by atoms with van der Waals surface area (Å²) >= 11 is 6.10. The van der Waals surface area contributed by atoms with Gasteiger partial charge in [0, 0.05) is 17.1 Å². The average molecular weight is 344 g/mol. The molecule has 0 saturated carbocycles. The Morgan fingerprint density at radius 1 is 1.04 bits per heavy atom. The Bertz CT molecular complexity index is 884. The highest BCUT2D eigenvalue weighted by Gasteiger charge is 2.13. The maximum atomic E-state index is 6.10. The van der Waals surface area contributed by atoms with E-state index >= 15 is 0 Å². The number of halogens is 1. The van der Waals surface area contributed by atoms with Gasteiger partial charge in [-0.25, -0.2) is 4.98 Å². The van der Waals surface area contributed by atoms with Crippen LogP contribution in [0.3, 0.4) is 0 Å². The Kier molecular flexibility index (Phi) is 4.71. The van der Waals surface area contributed by atoms with Gasteiger partial charge in [-0.1, -0.05) is 25.1 Å². The number of aryl methyl sites for hydroxylation is 1. The second-order valence-electron chi connectivity index (χ2n) is 5.20. The molecule has 1 heterocycles. The first-order valence-corrected chi connectivity index (χ1v) is 7.98. The molecule has 124 valence electrons. The summed E-state index contributed by atoms with van der Waals surface area (Å²) in [5.41, 5.74) is 2.87. The third kappa shape index (κ3) is 3.08. The lowest BCUT2D eigenvalue weighted by atomic mass is 10.1. The molecule has 0 amide bonds. The zero-order chi connectivity index (χ0) is 17.1. The van der Waals surface area contributed by atoms with Crippen molar-refractivity contribution in [2.24, 2.45) is 0 Å². The molecule has 0 aliphatic carbocycles. The summed E-state index contributed by atoms with van der Waals surface area (Å²) in [6, 6.07) is 11.7. The van der Waals surface area contributed by atoms with Crippen LogP contribution in [0.15, 0.2) is 36.4 Å². The third-order valence-corrected chi connectivity index (χ3v) is 3.99. The van der Waals surface area contributed by atoms with Crippen LogP contribution in [0, 0.1) is 0 Å². The summed E-state index contributed by atoms with van der Waals surface area (Å²) in [6.07, 6.45) is 0.914. The molecule has 0 aliphatic rings. The van der Waals surface area contributed by atoms with Crippen molar-refractivity contribution in [1.29, 1.82) is 0 Å². The normalized spacial score (nSPS) is 10.7. The Labute approximate surface area is 145 Å². The number of methoxy groups -OCH3 is 2. The van der Waals surface area contributed by atoms with E-state index in [1.54, 1.807) is 20.3 Å². The zero-order valence-electron chi connectivity index (χ0n) is 13.8. The minimum Gasteiger partial charge on any atom is -0.493 e. The van der Waals surface area contributed by atoms with Gasteiger partial charge in [0.25, 0.3) is 0 Å². The summed E-state index contributed by atoms with van der Waals surface area (Å²) in [5, 5.41) is 4.34. The first kappa shape index (κ1) is 16.3. The number of hydrogen-bond donors (Lipinski definition) is 1. The number of nitrogens with zero attached hydrogens (tertiary/aromatic N) is 2. The molecule has 1 aromatic heterocycles. The van der Waals surface area contributed by atoms with Gasteiger partial charge in [0.15, 0.2) is 11.5 Å².